The zero-order valence-electron chi connectivity index (χ0n) is 13.4. The Labute approximate surface area is 137 Å². The van der Waals surface area contributed by atoms with Gasteiger partial charge in [-0.3, -0.25) is 9.59 Å². The summed E-state index contributed by atoms with van der Waals surface area (Å²) in [5, 5.41) is 13.4. The maximum atomic E-state index is 13.0. The predicted molar refractivity (Wildman–Crippen MR) is 82.3 cm³/mol. The molecular formula is C16H17FN4O3. The molecule has 2 heterocycles. The van der Waals surface area contributed by atoms with E-state index in [9.17, 15) is 19.1 Å². The standard InChI is InChI=1S/C16H17FN4O3/c1-10-18-13(19-21(10)12-5-3-11(17)4-6-12)14(22)20-8-7-16(2,9-20)15(23)24/h3-6H,7-9H2,1-2H3,(H,23,24). The number of halogens is 1. The summed E-state index contributed by atoms with van der Waals surface area (Å²) in [6, 6.07) is 5.69. The van der Waals surface area contributed by atoms with Crippen molar-refractivity contribution in [1.82, 2.24) is 19.7 Å². The molecule has 1 saturated heterocycles. The fourth-order valence-electron chi connectivity index (χ4n) is 2.76. The number of rotatable bonds is 3. The molecule has 8 heteroatoms. The average molecular weight is 332 g/mol. The smallest absolute Gasteiger partial charge is 0.311 e. The minimum Gasteiger partial charge on any atom is -0.481 e. The van der Waals surface area contributed by atoms with Gasteiger partial charge < -0.3 is 10.0 Å². The minimum atomic E-state index is -0.940. The van der Waals surface area contributed by atoms with Gasteiger partial charge in [0.15, 0.2) is 0 Å². The molecule has 0 spiro atoms. The third-order valence-electron chi connectivity index (χ3n) is 4.31. The summed E-state index contributed by atoms with van der Waals surface area (Å²) in [7, 11) is 0. The van der Waals surface area contributed by atoms with Crippen LogP contribution in [0.3, 0.4) is 0 Å². The second kappa shape index (κ2) is 5.70. The molecule has 1 amide bonds. The Morgan fingerprint density at radius 1 is 1.29 bits per heavy atom. The van der Waals surface area contributed by atoms with Crippen LogP contribution in [-0.2, 0) is 4.79 Å². The summed E-state index contributed by atoms with van der Waals surface area (Å²) in [6.07, 6.45) is 0.395. The van der Waals surface area contributed by atoms with Gasteiger partial charge in [0.2, 0.25) is 5.82 Å². The summed E-state index contributed by atoms with van der Waals surface area (Å²) < 4.78 is 14.5. The number of hydrogen-bond donors (Lipinski definition) is 1. The number of aliphatic carboxylic acids is 1. The van der Waals surface area contributed by atoms with Gasteiger partial charge in [0.1, 0.15) is 11.6 Å². The third kappa shape index (κ3) is 2.75. The van der Waals surface area contributed by atoms with Gasteiger partial charge in [-0.15, -0.1) is 5.10 Å². The minimum absolute atomic E-state index is 0.00598. The van der Waals surface area contributed by atoms with E-state index in [2.05, 4.69) is 10.1 Å². The molecule has 7 nitrogen and oxygen atoms in total. The van der Waals surface area contributed by atoms with Gasteiger partial charge in [-0.2, -0.15) is 0 Å². The van der Waals surface area contributed by atoms with Gasteiger partial charge >= 0.3 is 5.97 Å². The molecule has 126 valence electrons. The Hall–Kier alpha value is -2.77. The second-order valence-corrected chi connectivity index (χ2v) is 6.21. The van der Waals surface area contributed by atoms with Gasteiger partial charge in [0, 0.05) is 13.1 Å². The van der Waals surface area contributed by atoms with Crippen molar-refractivity contribution >= 4 is 11.9 Å². The molecule has 1 aromatic heterocycles. The Bertz CT molecular complexity index is 802. The van der Waals surface area contributed by atoms with Crippen LogP contribution >= 0.6 is 0 Å². The van der Waals surface area contributed by atoms with Gasteiger partial charge in [0.05, 0.1) is 11.1 Å². The van der Waals surface area contributed by atoms with E-state index in [0.29, 0.717) is 24.5 Å². The number of likely N-dealkylation sites (tertiary alicyclic amines) is 1. The van der Waals surface area contributed by atoms with Crippen molar-refractivity contribution in [3.8, 4) is 5.69 Å². The molecule has 1 aliphatic rings. The fourth-order valence-corrected chi connectivity index (χ4v) is 2.76. The molecule has 1 N–H and O–H groups in total. The molecule has 1 atom stereocenters. The Balaban J connectivity index is 1.84. The number of carboxylic acids is 1. The Morgan fingerprint density at radius 2 is 1.96 bits per heavy atom. The zero-order chi connectivity index (χ0) is 17.5. The van der Waals surface area contributed by atoms with E-state index in [4.69, 9.17) is 0 Å². The van der Waals surface area contributed by atoms with Gasteiger partial charge in [-0.25, -0.2) is 14.1 Å². The highest BCUT2D eigenvalue weighted by molar-refractivity contribution is 5.91. The molecule has 0 radical (unpaired) electrons. The molecule has 3 rings (SSSR count). The lowest BCUT2D eigenvalue weighted by atomic mass is 9.90. The monoisotopic (exact) mass is 332 g/mol. The molecule has 1 fully saturated rings. The topological polar surface area (TPSA) is 88.3 Å². The molecule has 1 aromatic carbocycles. The number of carboxylic acid groups (broad SMARTS) is 1. The summed E-state index contributed by atoms with van der Waals surface area (Å²) in [5.41, 5.74) is -0.346. The van der Waals surface area contributed by atoms with Crippen LogP contribution in [-0.4, -0.2) is 49.7 Å². The molecule has 0 saturated carbocycles. The predicted octanol–water partition coefficient (Wildman–Crippen LogP) is 1.65. The summed E-state index contributed by atoms with van der Waals surface area (Å²) >= 11 is 0. The van der Waals surface area contributed by atoms with Crippen LogP contribution < -0.4 is 0 Å². The second-order valence-electron chi connectivity index (χ2n) is 6.21. The normalized spacial score (nSPS) is 20.4. The van der Waals surface area contributed by atoms with Crippen LogP contribution in [0.4, 0.5) is 4.39 Å². The van der Waals surface area contributed by atoms with E-state index in [0.717, 1.165) is 0 Å². The quantitative estimate of drug-likeness (QED) is 0.923. The Kier molecular flexibility index (Phi) is 3.82. The van der Waals surface area contributed by atoms with Crippen molar-refractivity contribution in [2.24, 2.45) is 5.41 Å². The summed E-state index contributed by atoms with van der Waals surface area (Å²) in [5.74, 6) is -1.18. The van der Waals surface area contributed by atoms with Crippen molar-refractivity contribution in [1.29, 1.82) is 0 Å². The zero-order valence-corrected chi connectivity index (χ0v) is 13.4. The van der Waals surface area contributed by atoms with E-state index < -0.39 is 17.3 Å². The van der Waals surface area contributed by atoms with E-state index in [-0.39, 0.29) is 18.2 Å². The number of hydrogen-bond acceptors (Lipinski definition) is 4. The number of amides is 1. The van der Waals surface area contributed by atoms with Crippen molar-refractivity contribution in [2.45, 2.75) is 20.3 Å². The first-order valence-corrected chi connectivity index (χ1v) is 7.52. The number of aryl methyl sites for hydroxylation is 1. The fraction of sp³-hybridized carbons (Fsp3) is 0.375. The average Bonchev–Trinajstić information content (AvgIpc) is 3.12. The van der Waals surface area contributed by atoms with Crippen LogP contribution in [0.2, 0.25) is 0 Å². The number of carbonyl (C=O) groups is 2. The molecule has 0 aliphatic carbocycles. The molecule has 24 heavy (non-hydrogen) atoms. The van der Waals surface area contributed by atoms with Crippen LogP contribution in [0.1, 0.15) is 29.8 Å². The molecule has 2 aromatic rings. The first-order valence-electron chi connectivity index (χ1n) is 7.52. The summed E-state index contributed by atoms with van der Waals surface area (Å²) in [4.78, 5) is 29.5. The van der Waals surface area contributed by atoms with Gasteiger partial charge in [-0.1, -0.05) is 0 Å². The highest BCUT2D eigenvalue weighted by Gasteiger charge is 2.43. The SMILES string of the molecule is Cc1nc(C(=O)N2CCC(C)(C(=O)O)C2)nn1-c1ccc(F)cc1. The summed E-state index contributed by atoms with van der Waals surface area (Å²) in [6.45, 7) is 3.80. The van der Waals surface area contributed by atoms with E-state index >= 15 is 0 Å². The van der Waals surface area contributed by atoms with Crippen molar-refractivity contribution in [3.63, 3.8) is 0 Å². The molecule has 1 aliphatic heterocycles. The van der Waals surface area contributed by atoms with E-state index in [1.807, 2.05) is 0 Å². The van der Waals surface area contributed by atoms with Crippen molar-refractivity contribution in [2.75, 3.05) is 13.1 Å². The lowest BCUT2D eigenvalue weighted by Gasteiger charge is -2.19. The third-order valence-corrected chi connectivity index (χ3v) is 4.31. The maximum Gasteiger partial charge on any atom is 0.311 e. The van der Waals surface area contributed by atoms with Gasteiger partial charge in [0.25, 0.3) is 5.91 Å². The lowest BCUT2D eigenvalue weighted by molar-refractivity contribution is -0.147. The molecule has 1 unspecified atom stereocenters. The maximum absolute atomic E-state index is 13.0. The highest BCUT2D eigenvalue weighted by Crippen LogP contribution is 2.30. The Morgan fingerprint density at radius 3 is 2.54 bits per heavy atom. The van der Waals surface area contributed by atoms with Crippen LogP contribution in [0.25, 0.3) is 5.69 Å². The highest BCUT2D eigenvalue weighted by atomic mass is 19.1. The molecular weight excluding hydrogens is 315 g/mol. The number of benzene rings is 1. The first-order chi connectivity index (χ1) is 11.3. The van der Waals surface area contributed by atoms with Crippen LogP contribution in [0.5, 0.6) is 0 Å². The first kappa shape index (κ1) is 16.1. The van der Waals surface area contributed by atoms with E-state index in [1.165, 1.54) is 21.7 Å². The van der Waals surface area contributed by atoms with Crippen LogP contribution in [0.15, 0.2) is 24.3 Å². The molecule has 0 bridgehead atoms. The lowest BCUT2D eigenvalue weighted by Crippen LogP contribution is -2.35. The van der Waals surface area contributed by atoms with Crippen molar-refractivity contribution < 1.29 is 19.1 Å². The largest absolute Gasteiger partial charge is 0.481 e. The number of aromatic nitrogens is 3. The van der Waals surface area contributed by atoms with Crippen molar-refractivity contribution in [3.05, 3.63) is 41.7 Å². The van der Waals surface area contributed by atoms with E-state index in [1.54, 1.807) is 26.0 Å². The number of carbonyl (C=O) groups excluding carboxylic acids is 1. The number of nitrogens with zero attached hydrogens (tertiary/aromatic N) is 4. The van der Waals surface area contributed by atoms with Crippen LogP contribution in [0, 0.1) is 18.2 Å². The van der Waals surface area contributed by atoms with Gasteiger partial charge in [-0.05, 0) is 44.5 Å².